The fraction of sp³-hybridized carbons (Fsp3) is 0.200. The molecule has 3 nitrogen and oxygen atoms in total. The molecule has 0 bridgehead atoms. The first-order valence-corrected chi connectivity index (χ1v) is 6.29. The van der Waals surface area contributed by atoms with Gasteiger partial charge < -0.3 is 10.2 Å². The first-order chi connectivity index (χ1) is 10.0. The Bertz CT molecular complexity index is 585. The Labute approximate surface area is 120 Å². The molecule has 0 aliphatic heterocycles. The molecule has 2 rings (SSSR count). The minimum Gasteiger partial charge on any atom is -0.496 e. The van der Waals surface area contributed by atoms with Gasteiger partial charge in [-0.3, -0.25) is 0 Å². The average molecular weight is 296 g/mol. The molecule has 0 heterocycles. The van der Waals surface area contributed by atoms with E-state index in [1.807, 2.05) is 30.3 Å². The number of hydrazine groups is 1. The molecule has 0 saturated carbocycles. The number of benzene rings is 2. The maximum Gasteiger partial charge on any atom is 0.419 e. The van der Waals surface area contributed by atoms with Crippen molar-refractivity contribution in [3.05, 3.63) is 59.7 Å². The van der Waals surface area contributed by atoms with Crippen LogP contribution in [-0.4, -0.2) is 7.11 Å². The van der Waals surface area contributed by atoms with Crippen molar-refractivity contribution in [1.82, 2.24) is 5.43 Å². The van der Waals surface area contributed by atoms with Gasteiger partial charge in [-0.1, -0.05) is 30.3 Å². The largest absolute Gasteiger partial charge is 0.496 e. The minimum absolute atomic E-state index is 0.160. The van der Waals surface area contributed by atoms with Gasteiger partial charge in [-0.15, -0.1) is 0 Å². The second-order valence-electron chi connectivity index (χ2n) is 4.34. The third kappa shape index (κ3) is 3.88. The summed E-state index contributed by atoms with van der Waals surface area (Å²) in [6.45, 7) is 0.196. The molecule has 0 spiro atoms. The lowest BCUT2D eigenvalue weighted by Gasteiger charge is -2.16. The minimum atomic E-state index is -4.44. The van der Waals surface area contributed by atoms with Crippen molar-refractivity contribution in [3.63, 3.8) is 0 Å². The molecule has 0 fully saturated rings. The first-order valence-electron chi connectivity index (χ1n) is 6.29. The maximum atomic E-state index is 12.9. The van der Waals surface area contributed by atoms with Crippen molar-refractivity contribution in [2.24, 2.45) is 0 Å². The monoisotopic (exact) mass is 296 g/mol. The fourth-order valence-electron chi connectivity index (χ4n) is 1.95. The van der Waals surface area contributed by atoms with E-state index < -0.39 is 11.7 Å². The van der Waals surface area contributed by atoms with Crippen LogP contribution in [0.15, 0.2) is 48.5 Å². The maximum absolute atomic E-state index is 12.9. The highest BCUT2D eigenvalue weighted by Crippen LogP contribution is 2.37. The van der Waals surface area contributed by atoms with Crippen LogP contribution in [0.1, 0.15) is 11.1 Å². The average Bonchev–Trinajstić information content (AvgIpc) is 2.47. The number of rotatable bonds is 5. The number of alkyl halides is 3. The molecule has 6 heteroatoms. The summed E-state index contributed by atoms with van der Waals surface area (Å²) >= 11 is 0. The molecule has 2 aromatic carbocycles. The smallest absolute Gasteiger partial charge is 0.419 e. The standard InChI is InChI=1S/C15H15F3N2O/c1-21-14-11(6-5-9-13(14)15(16,17)18)10-19-20-12-7-3-2-4-8-12/h2-9,19-20H,10H2,1H3. The van der Waals surface area contributed by atoms with Crippen molar-refractivity contribution >= 4 is 5.69 Å². The molecule has 2 aromatic rings. The summed E-state index contributed by atoms with van der Waals surface area (Å²) in [5.74, 6) is -0.160. The molecule has 0 saturated heterocycles. The van der Waals surface area contributed by atoms with Gasteiger partial charge in [0.1, 0.15) is 5.75 Å². The zero-order valence-electron chi connectivity index (χ0n) is 11.4. The Morgan fingerprint density at radius 2 is 1.71 bits per heavy atom. The highest BCUT2D eigenvalue weighted by Gasteiger charge is 2.34. The van der Waals surface area contributed by atoms with Gasteiger partial charge in [0.2, 0.25) is 0 Å². The number of methoxy groups -OCH3 is 1. The molecule has 21 heavy (non-hydrogen) atoms. The second-order valence-corrected chi connectivity index (χ2v) is 4.34. The molecule has 112 valence electrons. The van der Waals surface area contributed by atoms with E-state index in [2.05, 4.69) is 10.9 Å². The predicted molar refractivity (Wildman–Crippen MR) is 74.9 cm³/mol. The zero-order chi connectivity index (χ0) is 15.3. The topological polar surface area (TPSA) is 33.3 Å². The Morgan fingerprint density at radius 3 is 2.33 bits per heavy atom. The summed E-state index contributed by atoms with van der Waals surface area (Å²) in [6.07, 6.45) is -4.44. The summed E-state index contributed by atoms with van der Waals surface area (Å²) < 4.78 is 43.6. The lowest BCUT2D eigenvalue weighted by atomic mass is 10.1. The van der Waals surface area contributed by atoms with E-state index in [0.29, 0.717) is 5.56 Å². The Balaban J connectivity index is 2.10. The van der Waals surface area contributed by atoms with Crippen LogP contribution in [0.25, 0.3) is 0 Å². The predicted octanol–water partition coefficient (Wildman–Crippen LogP) is 3.83. The van der Waals surface area contributed by atoms with Crippen LogP contribution >= 0.6 is 0 Å². The summed E-state index contributed by atoms with van der Waals surface area (Å²) in [5, 5.41) is 0. The molecule has 0 atom stereocenters. The molecule has 2 N–H and O–H groups in total. The summed E-state index contributed by atoms with van der Waals surface area (Å²) in [6, 6.07) is 13.2. The van der Waals surface area contributed by atoms with E-state index in [4.69, 9.17) is 4.74 Å². The third-order valence-electron chi connectivity index (χ3n) is 2.89. The van der Waals surface area contributed by atoms with Gasteiger partial charge in [0.05, 0.1) is 12.7 Å². The van der Waals surface area contributed by atoms with Crippen LogP contribution in [0.2, 0.25) is 0 Å². The van der Waals surface area contributed by atoms with Crippen molar-refractivity contribution in [2.75, 3.05) is 12.5 Å². The SMILES string of the molecule is COc1c(CNNc2ccccc2)cccc1C(F)(F)F. The van der Waals surface area contributed by atoms with Gasteiger partial charge in [-0.05, 0) is 18.2 Å². The van der Waals surface area contributed by atoms with E-state index in [1.54, 1.807) is 6.07 Å². The van der Waals surface area contributed by atoms with Crippen LogP contribution in [0, 0.1) is 0 Å². The number of hydrogen-bond acceptors (Lipinski definition) is 3. The van der Waals surface area contributed by atoms with Gasteiger partial charge in [0.15, 0.2) is 0 Å². The van der Waals surface area contributed by atoms with Crippen molar-refractivity contribution in [2.45, 2.75) is 12.7 Å². The fourth-order valence-corrected chi connectivity index (χ4v) is 1.95. The molecule has 0 aliphatic carbocycles. The number of anilines is 1. The van der Waals surface area contributed by atoms with Gasteiger partial charge in [-0.25, -0.2) is 5.43 Å². The van der Waals surface area contributed by atoms with Crippen molar-refractivity contribution < 1.29 is 17.9 Å². The summed E-state index contributed by atoms with van der Waals surface area (Å²) in [4.78, 5) is 0. The molecule has 0 aromatic heterocycles. The second kappa shape index (κ2) is 6.49. The summed E-state index contributed by atoms with van der Waals surface area (Å²) in [7, 11) is 1.23. The van der Waals surface area contributed by atoms with Crippen LogP contribution in [-0.2, 0) is 12.7 Å². The highest BCUT2D eigenvalue weighted by atomic mass is 19.4. The van der Waals surface area contributed by atoms with Crippen molar-refractivity contribution in [3.8, 4) is 5.75 Å². The lowest BCUT2D eigenvalue weighted by Crippen LogP contribution is -2.21. The number of halogens is 3. The first kappa shape index (κ1) is 15.2. The van der Waals surface area contributed by atoms with Gasteiger partial charge in [0, 0.05) is 17.8 Å². The van der Waals surface area contributed by atoms with Gasteiger partial charge in [0.25, 0.3) is 0 Å². The Hall–Kier alpha value is -2.21. The number of ether oxygens (including phenoxy) is 1. The van der Waals surface area contributed by atoms with E-state index in [1.165, 1.54) is 13.2 Å². The van der Waals surface area contributed by atoms with Crippen molar-refractivity contribution in [1.29, 1.82) is 0 Å². The third-order valence-corrected chi connectivity index (χ3v) is 2.89. The lowest BCUT2D eigenvalue weighted by molar-refractivity contribution is -0.138. The van der Waals surface area contributed by atoms with E-state index in [-0.39, 0.29) is 12.3 Å². The molecular weight excluding hydrogens is 281 g/mol. The Morgan fingerprint density at radius 1 is 1.00 bits per heavy atom. The number of nitrogens with one attached hydrogen (secondary N) is 2. The molecular formula is C15H15F3N2O. The van der Waals surface area contributed by atoms with Crippen LogP contribution in [0.5, 0.6) is 5.75 Å². The molecule has 0 amide bonds. The highest BCUT2D eigenvalue weighted by molar-refractivity contribution is 5.44. The van der Waals surface area contributed by atoms with Crippen LogP contribution in [0.3, 0.4) is 0 Å². The summed E-state index contributed by atoms with van der Waals surface area (Å²) in [5.41, 5.74) is 6.27. The molecule has 0 radical (unpaired) electrons. The van der Waals surface area contributed by atoms with Crippen LogP contribution in [0.4, 0.5) is 18.9 Å². The van der Waals surface area contributed by atoms with E-state index in [0.717, 1.165) is 11.8 Å². The normalized spacial score (nSPS) is 11.2. The zero-order valence-corrected chi connectivity index (χ0v) is 11.4. The van der Waals surface area contributed by atoms with E-state index in [9.17, 15) is 13.2 Å². The van der Waals surface area contributed by atoms with Gasteiger partial charge >= 0.3 is 6.18 Å². The number of para-hydroxylation sites is 2. The van der Waals surface area contributed by atoms with Gasteiger partial charge in [-0.2, -0.15) is 13.2 Å². The van der Waals surface area contributed by atoms with E-state index >= 15 is 0 Å². The number of hydrogen-bond donors (Lipinski definition) is 2. The molecule has 0 aliphatic rings. The van der Waals surface area contributed by atoms with Crippen LogP contribution < -0.4 is 15.6 Å². The quantitative estimate of drug-likeness (QED) is 0.823. The Kier molecular flexibility index (Phi) is 4.70. The molecule has 0 unspecified atom stereocenters.